The highest BCUT2D eigenvalue weighted by atomic mass is 16.2. The third kappa shape index (κ3) is 2.36. The second kappa shape index (κ2) is 5.55. The van der Waals surface area contributed by atoms with E-state index in [9.17, 15) is 9.59 Å². The van der Waals surface area contributed by atoms with Gasteiger partial charge in [-0.2, -0.15) is 0 Å². The number of nitrogens with one attached hydrogen (secondary N) is 1. The number of anilines is 3. The molecule has 0 aromatic carbocycles. The maximum atomic E-state index is 12.8. The number of fused-ring (bicyclic) bond motifs is 4. The number of Topliss-reactive ketones (excluding diaryl/α,β-unsaturated/α-hetero) is 1. The molecule has 0 unspecified atom stereocenters. The molecule has 122 valence electrons. The number of nitrogens with zero attached hydrogens (tertiary/aromatic N) is 5. The molecule has 2 amide bonds. The van der Waals surface area contributed by atoms with Crippen LogP contribution in [0, 0.1) is 0 Å². The normalized spacial score (nSPS) is 18.3. The molecule has 0 saturated carbocycles. The van der Waals surface area contributed by atoms with Crippen LogP contribution >= 0.6 is 0 Å². The monoisotopic (exact) mass is 324 g/mol. The van der Waals surface area contributed by atoms with Gasteiger partial charge in [0.05, 0.1) is 17.9 Å². The average molecular weight is 324 g/mol. The van der Waals surface area contributed by atoms with Crippen LogP contribution in [0.25, 0.3) is 0 Å². The molecule has 1 fully saturated rings. The third-order valence-electron chi connectivity index (χ3n) is 4.33. The summed E-state index contributed by atoms with van der Waals surface area (Å²) in [7, 11) is 0. The van der Waals surface area contributed by atoms with E-state index in [2.05, 4.69) is 25.2 Å². The Morgan fingerprint density at radius 2 is 2.17 bits per heavy atom. The Bertz CT molecular complexity index is 809. The van der Waals surface area contributed by atoms with Gasteiger partial charge >= 0.3 is 6.03 Å². The minimum Gasteiger partial charge on any atom is -0.366 e. The van der Waals surface area contributed by atoms with Crippen LogP contribution in [0.5, 0.6) is 0 Å². The van der Waals surface area contributed by atoms with Crippen LogP contribution in [0.2, 0.25) is 0 Å². The van der Waals surface area contributed by atoms with Crippen molar-refractivity contribution in [2.75, 3.05) is 28.2 Å². The number of hydrogen-bond donors (Lipinski definition) is 1. The Kier molecular flexibility index (Phi) is 3.37. The van der Waals surface area contributed by atoms with E-state index in [0.29, 0.717) is 17.3 Å². The lowest BCUT2D eigenvalue weighted by Gasteiger charge is -2.35. The van der Waals surface area contributed by atoms with E-state index in [-0.39, 0.29) is 17.9 Å². The van der Waals surface area contributed by atoms with Crippen molar-refractivity contribution in [1.82, 2.24) is 15.0 Å². The molecule has 0 radical (unpaired) electrons. The molecule has 8 heteroatoms. The summed E-state index contributed by atoms with van der Waals surface area (Å²) >= 11 is 0. The summed E-state index contributed by atoms with van der Waals surface area (Å²) < 4.78 is 0. The summed E-state index contributed by atoms with van der Waals surface area (Å²) in [5, 5.41) is 2.75. The summed E-state index contributed by atoms with van der Waals surface area (Å²) in [6, 6.07) is 3.29. The molecule has 2 bridgehead atoms. The second-order valence-corrected chi connectivity index (χ2v) is 5.87. The van der Waals surface area contributed by atoms with Crippen LogP contribution in [0.4, 0.5) is 22.1 Å². The highest BCUT2D eigenvalue weighted by Gasteiger charge is 2.40. The number of rotatable bonds is 2. The lowest BCUT2D eigenvalue weighted by molar-refractivity contribution is 0.101. The van der Waals surface area contributed by atoms with Gasteiger partial charge in [-0.25, -0.2) is 14.8 Å². The summed E-state index contributed by atoms with van der Waals surface area (Å²) in [5.74, 6) is 0.782. The topological polar surface area (TPSA) is 91.3 Å². The van der Waals surface area contributed by atoms with Crippen molar-refractivity contribution < 1.29 is 9.59 Å². The molecule has 1 atom stereocenters. The smallest absolute Gasteiger partial charge is 0.329 e. The largest absolute Gasteiger partial charge is 0.366 e. The van der Waals surface area contributed by atoms with Gasteiger partial charge in [0.1, 0.15) is 5.69 Å². The maximum Gasteiger partial charge on any atom is 0.329 e. The molecule has 4 heterocycles. The molecule has 2 aliphatic rings. The first-order valence-electron chi connectivity index (χ1n) is 7.76. The molecule has 1 N–H and O–H groups in total. The summed E-state index contributed by atoms with van der Waals surface area (Å²) in [5.41, 5.74) is 1.23. The Morgan fingerprint density at radius 1 is 1.29 bits per heavy atom. The van der Waals surface area contributed by atoms with Crippen molar-refractivity contribution in [1.29, 1.82) is 0 Å². The molecule has 2 aliphatic heterocycles. The minimum absolute atomic E-state index is 0.0314. The number of urea groups is 1. The molecule has 4 rings (SSSR count). The number of amides is 2. The number of hydrogen-bond acceptors (Lipinski definition) is 6. The number of carbonyl (C=O) groups is 2. The second-order valence-electron chi connectivity index (χ2n) is 5.87. The molecule has 8 nitrogen and oxygen atoms in total. The predicted molar refractivity (Wildman–Crippen MR) is 88.4 cm³/mol. The number of ketones is 1. The van der Waals surface area contributed by atoms with Crippen LogP contribution in [-0.2, 0) is 0 Å². The number of pyridine rings is 1. The van der Waals surface area contributed by atoms with Crippen molar-refractivity contribution in [2.45, 2.75) is 19.4 Å². The molecule has 24 heavy (non-hydrogen) atoms. The summed E-state index contributed by atoms with van der Waals surface area (Å²) in [4.78, 5) is 40.8. The first-order chi connectivity index (χ1) is 11.6. The van der Waals surface area contributed by atoms with Crippen molar-refractivity contribution in [2.24, 2.45) is 0 Å². The van der Waals surface area contributed by atoms with E-state index >= 15 is 0 Å². The zero-order valence-corrected chi connectivity index (χ0v) is 13.1. The van der Waals surface area contributed by atoms with Gasteiger partial charge in [0, 0.05) is 32.4 Å². The van der Waals surface area contributed by atoms with Crippen molar-refractivity contribution >= 4 is 29.1 Å². The van der Waals surface area contributed by atoms with Crippen LogP contribution in [0.15, 0.2) is 30.7 Å². The zero-order valence-electron chi connectivity index (χ0n) is 13.1. The quantitative estimate of drug-likeness (QED) is 0.846. The van der Waals surface area contributed by atoms with Crippen molar-refractivity contribution in [3.63, 3.8) is 0 Å². The third-order valence-corrected chi connectivity index (χ3v) is 4.33. The molecular weight excluding hydrogens is 308 g/mol. The first-order valence-corrected chi connectivity index (χ1v) is 7.76. The van der Waals surface area contributed by atoms with Gasteiger partial charge in [-0.3, -0.25) is 20.0 Å². The van der Waals surface area contributed by atoms with Gasteiger partial charge < -0.3 is 4.90 Å². The van der Waals surface area contributed by atoms with Gasteiger partial charge in [0.25, 0.3) is 0 Å². The first kappa shape index (κ1) is 14.6. The lowest BCUT2D eigenvalue weighted by atomic mass is 10.1. The highest BCUT2D eigenvalue weighted by Crippen LogP contribution is 2.39. The number of aromatic nitrogens is 3. The van der Waals surface area contributed by atoms with Gasteiger partial charge in [0.15, 0.2) is 17.4 Å². The fourth-order valence-electron chi connectivity index (χ4n) is 3.20. The zero-order chi connectivity index (χ0) is 16.7. The standard InChI is InChI=1S/C16H16N6O2/c1-10(23)12-2-3-13-15(19-12)22(11-4-7-21(13)9-11)16(24)20-14-8-17-5-6-18-14/h2-3,5-6,8,11H,4,7,9H2,1H3,(H,18,20,24)/t11-/m0/s1. The summed E-state index contributed by atoms with van der Waals surface area (Å²) in [6.45, 7) is 3.10. The minimum atomic E-state index is -0.309. The predicted octanol–water partition coefficient (Wildman–Crippen LogP) is 1.70. The highest BCUT2D eigenvalue weighted by molar-refractivity contribution is 6.04. The Labute approximate surface area is 138 Å². The molecule has 2 aromatic rings. The molecular formula is C16H16N6O2. The van der Waals surface area contributed by atoms with Gasteiger partial charge in [-0.05, 0) is 18.6 Å². The van der Waals surface area contributed by atoms with E-state index in [1.54, 1.807) is 17.2 Å². The fraction of sp³-hybridized carbons (Fsp3) is 0.312. The Hall–Kier alpha value is -3.03. The average Bonchev–Trinajstić information content (AvgIpc) is 3.00. The Balaban J connectivity index is 1.72. The van der Waals surface area contributed by atoms with E-state index in [1.165, 1.54) is 19.3 Å². The Morgan fingerprint density at radius 3 is 2.92 bits per heavy atom. The van der Waals surface area contributed by atoms with Crippen LogP contribution in [0.3, 0.4) is 0 Å². The van der Waals surface area contributed by atoms with Gasteiger partial charge in [0.2, 0.25) is 0 Å². The summed E-state index contributed by atoms with van der Waals surface area (Å²) in [6.07, 6.45) is 5.41. The fourth-order valence-corrected chi connectivity index (χ4v) is 3.20. The van der Waals surface area contributed by atoms with Crippen molar-refractivity contribution in [3.05, 3.63) is 36.4 Å². The van der Waals surface area contributed by atoms with E-state index in [4.69, 9.17) is 0 Å². The van der Waals surface area contributed by atoms with Gasteiger partial charge in [-0.1, -0.05) is 0 Å². The van der Waals surface area contributed by atoms with E-state index < -0.39 is 0 Å². The van der Waals surface area contributed by atoms with Crippen LogP contribution in [0.1, 0.15) is 23.8 Å². The van der Waals surface area contributed by atoms with Crippen molar-refractivity contribution in [3.8, 4) is 0 Å². The SMILES string of the molecule is CC(=O)c1ccc2c(n1)N(C(=O)Nc1cnccn1)[C@H]1CCN2C1. The molecule has 2 aromatic heterocycles. The molecule has 1 saturated heterocycles. The van der Waals surface area contributed by atoms with E-state index in [1.807, 2.05) is 6.07 Å². The number of carbonyl (C=O) groups excluding carboxylic acids is 2. The van der Waals surface area contributed by atoms with Gasteiger partial charge in [-0.15, -0.1) is 0 Å². The van der Waals surface area contributed by atoms with Crippen LogP contribution in [-0.4, -0.2) is 45.9 Å². The van der Waals surface area contributed by atoms with E-state index in [0.717, 1.165) is 25.2 Å². The maximum absolute atomic E-state index is 12.8. The van der Waals surface area contributed by atoms with Crippen LogP contribution < -0.4 is 15.1 Å². The lowest BCUT2D eigenvalue weighted by Crippen LogP contribution is -2.48. The molecule has 0 spiro atoms. The molecule has 0 aliphatic carbocycles.